The van der Waals surface area contributed by atoms with Crippen LogP contribution in [0.2, 0.25) is 0 Å². The van der Waals surface area contributed by atoms with E-state index in [0.717, 1.165) is 12.0 Å². The molecule has 190 valence electrons. The van der Waals surface area contributed by atoms with Crippen molar-refractivity contribution in [1.82, 2.24) is 4.90 Å². The van der Waals surface area contributed by atoms with Crippen molar-refractivity contribution in [2.24, 2.45) is 5.92 Å². The van der Waals surface area contributed by atoms with Gasteiger partial charge < -0.3 is 10.6 Å². The minimum absolute atomic E-state index is 0.107. The number of non-ortho nitro benzene ring substituents is 1. The summed E-state index contributed by atoms with van der Waals surface area (Å²) in [5.41, 5.74) is 0.600. The van der Waals surface area contributed by atoms with Gasteiger partial charge in [0.05, 0.1) is 10.8 Å². The van der Waals surface area contributed by atoms with Crippen molar-refractivity contribution in [3.8, 4) is 0 Å². The first-order valence-corrected chi connectivity index (χ1v) is 12.7. The molecule has 2 amide bonds. The van der Waals surface area contributed by atoms with Gasteiger partial charge in [-0.25, -0.2) is 0 Å². The molecular formula is C29H24N4O5. The highest BCUT2D eigenvalue weighted by Gasteiger charge is 2.78. The fraction of sp³-hybridized carbons (Fsp3) is 0.276. The summed E-state index contributed by atoms with van der Waals surface area (Å²) < 4.78 is 0. The zero-order valence-electron chi connectivity index (χ0n) is 20.6. The van der Waals surface area contributed by atoms with Crippen molar-refractivity contribution >= 4 is 34.7 Å². The minimum Gasteiger partial charge on any atom is -0.325 e. The summed E-state index contributed by atoms with van der Waals surface area (Å²) in [4.78, 5) is 56.4. The number of fused-ring (bicyclic) bond motifs is 7. The van der Waals surface area contributed by atoms with Gasteiger partial charge in [0.15, 0.2) is 5.78 Å². The number of Topliss-reactive ketones (excluding diaryl/α,β-unsaturated/α-hetero) is 1. The highest BCUT2D eigenvalue weighted by molar-refractivity contribution is 6.19. The second kappa shape index (κ2) is 7.58. The molecule has 4 heterocycles. The van der Waals surface area contributed by atoms with Crippen LogP contribution < -0.4 is 10.6 Å². The van der Waals surface area contributed by atoms with Crippen molar-refractivity contribution < 1.29 is 19.3 Å². The summed E-state index contributed by atoms with van der Waals surface area (Å²) in [7, 11) is 0. The maximum atomic E-state index is 14.8. The first-order valence-electron chi connectivity index (χ1n) is 12.7. The van der Waals surface area contributed by atoms with Crippen molar-refractivity contribution in [1.29, 1.82) is 0 Å². The van der Waals surface area contributed by atoms with Gasteiger partial charge in [0, 0.05) is 40.7 Å². The third-order valence-corrected chi connectivity index (χ3v) is 8.97. The van der Waals surface area contributed by atoms with Gasteiger partial charge in [-0.2, -0.15) is 0 Å². The van der Waals surface area contributed by atoms with Crippen molar-refractivity contribution in [2.45, 2.75) is 36.8 Å². The largest absolute Gasteiger partial charge is 0.325 e. The average molecular weight is 509 g/mol. The Kier molecular flexibility index (Phi) is 4.55. The Labute approximate surface area is 218 Å². The summed E-state index contributed by atoms with van der Waals surface area (Å²) in [6.07, 6.45) is 1.41. The van der Waals surface area contributed by atoms with Crippen LogP contribution in [0, 0.1) is 23.0 Å². The maximum Gasteiger partial charge on any atom is 0.270 e. The number of anilines is 2. The number of nitro benzene ring substituents is 1. The lowest BCUT2D eigenvalue weighted by Crippen LogP contribution is -2.55. The first kappa shape index (κ1) is 22.8. The number of para-hydroxylation sites is 2. The predicted octanol–water partition coefficient (Wildman–Crippen LogP) is 3.92. The van der Waals surface area contributed by atoms with Gasteiger partial charge in [0.25, 0.3) is 5.69 Å². The van der Waals surface area contributed by atoms with E-state index in [4.69, 9.17) is 0 Å². The van der Waals surface area contributed by atoms with Crippen LogP contribution in [0.5, 0.6) is 0 Å². The Morgan fingerprint density at radius 2 is 1.76 bits per heavy atom. The van der Waals surface area contributed by atoms with Gasteiger partial charge in [-0.3, -0.25) is 29.4 Å². The van der Waals surface area contributed by atoms with Gasteiger partial charge >= 0.3 is 0 Å². The van der Waals surface area contributed by atoms with Gasteiger partial charge in [-0.05, 0) is 43.5 Å². The number of nitro groups is 1. The summed E-state index contributed by atoms with van der Waals surface area (Å²) in [6.45, 7) is 2.45. The van der Waals surface area contributed by atoms with Crippen LogP contribution in [0.25, 0.3) is 0 Å². The highest BCUT2D eigenvalue weighted by Crippen LogP contribution is 2.66. The number of amides is 2. The molecule has 4 atom stereocenters. The molecule has 4 aliphatic rings. The molecule has 2 N–H and O–H groups in total. The van der Waals surface area contributed by atoms with Gasteiger partial charge in [-0.15, -0.1) is 0 Å². The smallest absolute Gasteiger partial charge is 0.270 e. The summed E-state index contributed by atoms with van der Waals surface area (Å²) in [5.74, 6) is -2.26. The van der Waals surface area contributed by atoms with E-state index in [-0.39, 0.29) is 23.1 Å². The molecule has 38 heavy (non-hydrogen) atoms. The molecule has 2 spiro atoms. The monoisotopic (exact) mass is 508 g/mol. The molecule has 0 aromatic heterocycles. The number of carbonyl (C=O) groups excluding carboxylic acids is 3. The molecular weight excluding hydrogens is 484 g/mol. The maximum absolute atomic E-state index is 14.8. The lowest BCUT2D eigenvalue weighted by atomic mass is 9.60. The number of ketones is 1. The molecule has 0 saturated carbocycles. The third-order valence-electron chi connectivity index (χ3n) is 8.97. The van der Waals surface area contributed by atoms with Crippen molar-refractivity contribution in [3.05, 3.63) is 99.1 Å². The van der Waals surface area contributed by atoms with E-state index in [1.54, 1.807) is 0 Å². The van der Waals surface area contributed by atoms with Gasteiger partial charge in [0.1, 0.15) is 11.0 Å². The van der Waals surface area contributed by atoms with E-state index in [2.05, 4.69) is 15.5 Å². The van der Waals surface area contributed by atoms with Crippen LogP contribution in [0.4, 0.5) is 17.1 Å². The van der Waals surface area contributed by atoms with E-state index < -0.39 is 33.6 Å². The molecule has 4 aliphatic heterocycles. The molecule has 2 saturated heterocycles. The molecule has 9 nitrogen and oxygen atoms in total. The quantitative estimate of drug-likeness (QED) is 0.314. The number of aryl methyl sites for hydroxylation is 1. The van der Waals surface area contributed by atoms with E-state index >= 15 is 0 Å². The molecule has 3 aromatic rings. The SMILES string of the molecule is Cc1cccc2c1NC(=O)[C@]21[C@H](C(=O)c2cccc([N+](=O)[O-])c2)[C@]2(C(=O)Nc3ccccc32)[C@H]2CCCN21. The topological polar surface area (TPSA) is 122 Å². The van der Waals surface area contributed by atoms with Crippen LogP contribution in [0.15, 0.2) is 66.7 Å². The number of hydrogen-bond donors (Lipinski definition) is 2. The van der Waals surface area contributed by atoms with E-state index in [1.807, 2.05) is 49.4 Å². The van der Waals surface area contributed by atoms with E-state index in [1.165, 1.54) is 24.3 Å². The first-order chi connectivity index (χ1) is 18.3. The zero-order chi connectivity index (χ0) is 26.4. The van der Waals surface area contributed by atoms with Gasteiger partial charge in [-0.1, -0.05) is 48.5 Å². The normalized spacial score (nSPS) is 28.8. The second-order valence-corrected chi connectivity index (χ2v) is 10.5. The molecule has 2 fully saturated rings. The van der Waals surface area contributed by atoms with E-state index in [0.29, 0.717) is 35.5 Å². The molecule has 0 bridgehead atoms. The van der Waals surface area contributed by atoms with E-state index in [9.17, 15) is 24.5 Å². The number of carbonyl (C=O) groups is 3. The number of benzene rings is 3. The lowest BCUT2D eigenvalue weighted by Gasteiger charge is -2.38. The van der Waals surface area contributed by atoms with Crippen LogP contribution in [-0.4, -0.2) is 40.0 Å². The van der Waals surface area contributed by atoms with Crippen LogP contribution in [0.1, 0.15) is 39.9 Å². The molecule has 7 rings (SSSR count). The minimum atomic E-state index is -1.45. The third kappa shape index (κ3) is 2.51. The Morgan fingerprint density at radius 1 is 1.00 bits per heavy atom. The van der Waals surface area contributed by atoms with Crippen molar-refractivity contribution in [3.63, 3.8) is 0 Å². The van der Waals surface area contributed by atoms with Crippen LogP contribution >= 0.6 is 0 Å². The van der Waals surface area contributed by atoms with Crippen LogP contribution in [-0.2, 0) is 20.5 Å². The lowest BCUT2D eigenvalue weighted by molar-refractivity contribution is -0.384. The zero-order valence-corrected chi connectivity index (χ0v) is 20.6. The Morgan fingerprint density at radius 3 is 2.58 bits per heavy atom. The fourth-order valence-electron chi connectivity index (χ4n) is 7.66. The second-order valence-electron chi connectivity index (χ2n) is 10.5. The Hall–Kier alpha value is -4.37. The Balaban J connectivity index is 1.58. The number of nitrogens with one attached hydrogen (secondary N) is 2. The number of rotatable bonds is 3. The summed E-state index contributed by atoms with van der Waals surface area (Å²) >= 11 is 0. The highest BCUT2D eigenvalue weighted by atomic mass is 16.6. The average Bonchev–Trinajstić information content (AvgIpc) is 3.63. The molecule has 3 aromatic carbocycles. The fourth-order valence-corrected chi connectivity index (χ4v) is 7.66. The molecule has 0 aliphatic carbocycles. The van der Waals surface area contributed by atoms with Gasteiger partial charge in [0.2, 0.25) is 11.8 Å². The summed E-state index contributed by atoms with van der Waals surface area (Å²) in [5, 5.41) is 17.6. The summed E-state index contributed by atoms with van der Waals surface area (Å²) in [6, 6.07) is 18.1. The van der Waals surface area contributed by atoms with Crippen molar-refractivity contribution in [2.75, 3.05) is 17.2 Å². The molecule has 0 radical (unpaired) electrons. The molecule has 0 unspecified atom stereocenters. The van der Waals surface area contributed by atoms with Crippen LogP contribution in [0.3, 0.4) is 0 Å². The number of hydrogen-bond acceptors (Lipinski definition) is 6. The predicted molar refractivity (Wildman–Crippen MR) is 139 cm³/mol. The number of nitrogens with zero attached hydrogens (tertiary/aromatic N) is 2. The Bertz CT molecular complexity index is 1600. The molecule has 9 heteroatoms. The standard InChI is InChI=1S/C29H24N4O5/c1-16-7-4-11-20-23(16)31-27(36)29(20)25(24(34)17-8-5-9-18(15-17)33(37)38)28(22-13-6-14-32(22)29)19-10-2-3-12-21(19)30-26(28)35/h2-5,7-12,15,22,25H,6,13-14H2,1H3,(H,30,35)(H,31,36)/t22-,25-,28-,29-/m1/s1.